The molecule has 0 saturated heterocycles. The third-order valence-corrected chi connectivity index (χ3v) is 5.01. The number of hydrogen-bond acceptors (Lipinski definition) is 5. The number of anilines is 1. The van der Waals surface area contributed by atoms with E-state index in [0.29, 0.717) is 22.8 Å². The number of carbonyl (C=O) groups is 2. The molecule has 1 atom stereocenters. The number of aromatic nitrogens is 2. The summed E-state index contributed by atoms with van der Waals surface area (Å²) in [5, 5.41) is 13.3. The molecule has 2 aromatic heterocycles. The number of carbonyl (C=O) groups excluding carboxylic acids is 1. The highest BCUT2D eigenvalue weighted by atomic mass is 32.1. The summed E-state index contributed by atoms with van der Waals surface area (Å²) in [5.41, 5.74) is -0.317. The molecule has 0 aliphatic rings. The summed E-state index contributed by atoms with van der Waals surface area (Å²) in [6.45, 7) is 3.32. The van der Waals surface area contributed by atoms with Crippen molar-refractivity contribution in [3.8, 4) is 0 Å². The van der Waals surface area contributed by atoms with Gasteiger partial charge >= 0.3 is 5.97 Å². The van der Waals surface area contributed by atoms with Gasteiger partial charge in [-0.15, -0.1) is 11.3 Å². The van der Waals surface area contributed by atoms with Gasteiger partial charge in [-0.3, -0.25) is 14.2 Å². The highest BCUT2D eigenvalue weighted by molar-refractivity contribution is 7.17. The number of carboxylic acid groups (broad SMARTS) is 1. The van der Waals surface area contributed by atoms with Crippen LogP contribution < -0.4 is 10.9 Å². The molecule has 0 spiro atoms. The molecule has 140 valence electrons. The Bertz CT molecular complexity index is 1090. The van der Waals surface area contributed by atoms with Crippen LogP contribution in [0.2, 0.25) is 0 Å². The maximum absolute atomic E-state index is 13.0. The molecule has 0 radical (unpaired) electrons. The number of rotatable bonds is 5. The number of halogens is 1. The summed E-state index contributed by atoms with van der Waals surface area (Å²) in [4.78, 5) is 41.7. The number of carboxylic acids is 1. The van der Waals surface area contributed by atoms with E-state index in [1.807, 2.05) is 0 Å². The Morgan fingerprint density at radius 2 is 2.00 bits per heavy atom. The zero-order chi connectivity index (χ0) is 19.7. The van der Waals surface area contributed by atoms with E-state index in [1.54, 1.807) is 6.92 Å². The quantitative estimate of drug-likeness (QED) is 0.698. The van der Waals surface area contributed by atoms with Crippen LogP contribution in [-0.2, 0) is 11.2 Å². The van der Waals surface area contributed by atoms with Gasteiger partial charge in [0.1, 0.15) is 22.5 Å². The van der Waals surface area contributed by atoms with Crippen LogP contribution in [-0.4, -0.2) is 26.5 Å². The topological polar surface area (TPSA) is 101 Å². The third-order valence-electron chi connectivity index (χ3n) is 4.14. The lowest BCUT2D eigenvalue weighted by Gasteiger charge is -2.18. The first kappa shape index (κ1) is 18.7. The van der Waals surface area contributed by atoms with Crippen LogP contribution in [0.3, 0.4) is 0 Å². The largest absolute Gasteiger partial charge is 0.478 e. The predicted octanol–water partition coefficient (Wildman–Crippen LogP) is 3.06. The maximum Gasteiger partial charge on any atom is 0.337 e. The molecule has 0 aliphatic carbocycles. The molecule has 1 unspecified atom stereocenters. The summed E-state index contributed by atoms with van der Waals surface area (Å²) >= 11 is 1.08. The monoisotopic (exact) mass is 389 g/mol. The lowest BCUT2D eigenvalue weighted by atomic mass is 10.2. The highest BCUT2D eigenvalue weighted by Gasteiger charge is 2.24. The van der Waals surface area contributed by atoms with Gasteiger partial charge in [0.05, 0.1) is 10.9 Å². The van der Waals surface area contributed by atoms with E-state index in [1.165, 1.54) is 41.1 Å². The van der Waals surface area contributed by atoms with Gasteiger partial charge in [-0.2, -0.15) is 0 Å². The minimum atomic E-state index is -1.22. The number of amides is 1. The summed E-state index contributed by atoms with van der Waals surface area (Å²) in [6.07, 6.45) is 0.389. The van der Waals surface area contributed by atoms with Gasteiger partial charge in [0.2, 0.25) is 5.91 Å². The van der Waals surface area contributed by atoms with Crippen LogP contribution in [0.1, 0.15) is 36.1 Å². The van der Waals surface area contributed by atoms with Gasteiger partial charge < -0.3 is 10.4 Å². The second kappa shape index (κ2) is 7.28. The Hall–Kier alpha value is -3.07. The normalized spacial score (nSPS) is 12.1. The molecule has 3 aromatic rings. The van der Waals surface area contributed by atoms with Crippen molar-refractivity contribution < 1.29 is 19.1 Å². The molecular formula is C18H16FN3O4S. The third kappa shape index (κ3) is 3.45. The Balaban J connectivity index is 2.05. The molecule has 1 aromatic carbocycles. The summed E-state index contributed by atoms with van der Waals surface area (Å²) in [7, 11) is 0. The van der Waals surface area contributed by atoms with Crippen molar-refractivity contribution >= 4 is 39.1 Å². The van der Waals surface area contributed by atoms with Crippen LogP contribution in [0.25, 0.3) is 10.2 Å². The van der Waals surface area contributed by atoms with E-state index in [9.17, 15) is 23.9 Å². The van der Waals surface area contributed by atoms with Gasteiger partial charge in [-0.05, 0) is 31.2 Å². The second-order valence-corrected chi connectivity index (χ2v) is 6.72. The van der Waals surface area contributed by atoms with Crippen molar-refractivity contribution in [3.05, 3.63) is 57.2 Å². The van der Waals surface area contributed by atoms with Crippen molar-refractivity contribution in [1.82, 2.24) is 9.55 Å². The van der Waals surface area contributed by atoms with Gasteiger partial charge in [-0.1, -0.05) is 6.92 Å². The van der Waals surface area contributed by atoms with Crippen molar-refractivity contribution in [2.75, 3.05) is 5.32 Å². The average Bonchev–Trinajstić information content (AvgIpc) is 3.07. The Morgan fingerprint density at radius 3 is 2.59 bits per heavy atom. The zero-order valence-corrected chi connectivity index (χ0v) is 15.3. The van der Waals surface area contributed by atoms with Crippen LogP contribution in [0.5, 0.6) is 0 Å². The molecule has 7 nitrogen and oxygen atoms in total. The number of aromatic carboxylic acids is 1. The first-order valence-electron chi connectivity index (χ1n) is 8.15. The fourth-order valence-electron chi connectivity index (χ4n) is 2.75. The number of fused-ring (bicyclic) bond motifs is 1. The van der Waals surface area contributed by atoms with Gasteiger partial charge in [0, 0.05) is 17.5 Å². The standard InChI is InChI=1S/C18H16FN3O4S/c1-3-13-21-16-14(12(8-27-16)18(25)26)17(24)22(13)9(2)15(23)20-11-6-4-10(19)5-7-11/h4-9H,3H2,1-2H3,(H,20,23)(H,25,26). The van der Waals surface area contributed by atoms with E-state index in [2.05, 4.69) is 10.3 Å². The minimum Gasteiger partial charge on any atom is -0.478 e. The maximum atomic E-state index is 13.0. The van der Waals surface area contributed by atoms with Crippen molar-refractivity contribution in [1.29, 1.82) is 0 Å². The number of aryl methyl sites for hydroxylation is 1. The smallest absolute Gasteiger partial charge is 0.337 e. The summed E-state index contributed by atoms with van der Waals surface area (Å²) in [5.74, 6) is -1.77. The first-order valence-corrected chi connectivity index (χ1v) is 9.03. The molecule has 2 heterocycles. The van der Waals surface area contributed by atoms with Crippen LogP contribution >= 0.6 is 11.3 Å². The van der Waals surface area contributed by atoms with Crippen molar-refractivity contribution in [2.24, 2.45) is 0 Å². The highest BCUT2D eigenvalue weighted by Crippen LogP contribution is 2.23. The molecule has 0 saturated carbocycles. The van der Waals surface area contributed by atoms with E-state index < -0.39 is 29.3 Å². The van der Waals surface area contributed by atoms with E-state index >= 15 is 0 Å². The average molecular weight is 389 g/mol. The molecule has 9 heteroatoms. The summed E-state index contributed by atoms with van der Waals surface area (Å²) < 4.78 is 14.2. The minimum absolute atomic E-state index is 0.00821. The predicted molar refractivity (Wildman–Crippen MR) is 100.0 cm³/mol. The number of thiophene rings is 1. The van der Waals surface area contributed by atoms with Crippen molar-refractivity contribution in [2.45, 2.75) is 26.3 Å². The zero-order valence-electron chi connectivity index (χ0n) is 14.5. The van der Waals surface area contributed by atoms with E-state index in [0.717, 1.165) is 11.3 Å². The molecule has 0 bridgehead atoms. The molecule has 1 amide bonds. The molecular weight excluding hydrogens is 373 g/mol. The number of nitrogens with zero attached hydrogens (tertiary/aromatic N) is 2. The number of benzene rings is 1. The second-order valence-electron chi connectivity index (χ2n) is 5.86. The number of hydrogen-bond donors (Lipinski definition) is 2. The van der Waals surface area contributed by atoms with Crippen LogP contribution in [0.4, 0.5) is 10.1 Å². The Morgan fingerprint density at radius 1 is 1.33 bits per heavy atom. The van der Waals surface area contributed by atoms with Gasteiger partial charge in [0.15, 0.2) is 0 Å². The van der Waals surface area contributed by atoms with Gasteiger partial charge in [-0.25, -0.2) is 14.2 Å². The molecule has 2 N–H and O–H groups in total. The van der Waals surface area contributed by atoms with Crippen LogP contribution in [0, 0.1) is 5.82 Å². The van der Waals surface area contributed by atoms with Crippen LogP contribution in [0.15, 0.2) is 34.4 Å². The first-order chi connectivity index (χ1) is 12.8. The van der Waals surface area contributed by atoms with Gasteiger partial charge in [0.25, 0.3) is 5.56 Å². The van der Waals surface area contributed by atoms with E-state index in [-0.39, 0.29) is 10.9 Å². The lowest BCUT2D eigenvalue weighted by Crippen LogP contribution is -2.34. The Labute approximate surface area is 157 Å². The SMILES string of the molecule is CCc1nc2scc(C(=O)O)c2c(=O)n1C(C)C(=O)Nc1ccc(F)cc1. The van der Waals surface area contributed by atoms with Crippen molar-refractivity contribution in [3.63, 3.8) is 0 Å². The van der Waals surface area contributed by atoms with E-state index in [4.69, 9.17) is 0 Å². The number of nitrogens with one attached hydrogen (secondary N) is 1. The molecule has 27 heavy (non-hydrogen) atoms. The molecule has 3 rings (SSSR count). The fraction of sp³-hybridized carbons (Fsp3) is 0.222. The fourth-order valence-corrected chi connectivity index (χ4v) is 3.67. The molecule has 0 aliphatic heterocycles. The Kier molecular flexibility index (Phi) is 5.04. The molecule has 0 fully saturated rings. The lowest BCUT2D eigenvalue weighted by molar-refractivity contribution is -0.118. The summed E-state index contributed by atoms with van der Waals surface area (Å²) in [6, 6.07) is 4.30.